The summed E-state index contributed by atoms with van der Waals surface area (Å²) in [7, 11) is 1.49. The number of amides is 1. The first-order valence-corrected chi connectivity index (χ1v) is 7.16. The van der Waals surface area contributed by atoms with Crippen LogP contribution in [0, 0.1) is 18.3 Å². The number of ether oxygens (including phenoxy) is 2. The first kappa shape index (κ1) is 16.4. The molecule has 5 nitrogen and oxygen atoms in total. The van der Waals surface area contributed by atoms with E-state index in [-0.39, 0.29) is 12.5 Å². The molecule has 0 heterocycles. The number of carbonyl (C=O) groups is 1. The maximum absolute atomic E-state index is 11.9. The van der Waals surface area contributed by atoms with E-state index >= 15 is 0 Å². The fourth-order valence-corrected chi connectivity index (χ4v) is 2.05. The van der Waals surface area contributed by atoms with E-state index < -0.39 is 0 Å². The molecule has 5 heteroatoms. The molecule has 1 N–H and O–H groups in total. The Hall–Kier alpha value is -3.00. The molecule has 118 valence electrons. The zero-order valence-corrected chi connectivity index (χ0v) is 13.1. The van der Waals surface area contributed by atoms with Crippen molar-refractivity contribution in [1.82, 2.24) is 5.32 Å². The highest BCUT2D eigenvalue weighted by atomic mass is 16.5. The van der Waals surface area contributed by atoms with Gasteiger partial charge in [0.1, 0.15) is 0 Å². The monoisotopic (exact) mass is 310 g/mol. The summed E-state index contributed by atoms with van der Waals surface area (Å²) in [6.07, 6.45) is 0. The predicted molar refractivity (Wildman–Crippen MR) is 86.2 cm³/mol. The molecular formula is C18H18N2O3. The molecular weight excluding hydrogens is 292 g/mol. The average Bonchev–Trinajstić information content (AvgIpc) is 2.59. The van der Waals surface area contributed by atoms with Crippen molar-refractivity contribution in [3.63, 3.8) is 0 Å². The van der Waals surface area contributed by atoms with Gasteiger partial charge in [-0.3, -0.25) is 4.79 Å². The van der Waals surface area contributed by atoms with E-state index in [1.54, 1.807) is 18.2 Å². The number of nitrogens with zero attached hydrogens (tertiary/aromatic N) is 1. The second-order valence-corrected chi connectivity index (χ2v) is 4.97. The maximum Gasteiger partial charge on any atom is 0.258 e. The van der Waals surface area contributed by atoms with Gasteiger partial charge in [0.25, 0.3) is 5.91 Å². The quantitative estimate of drug-likeness (QED) is 0.890. The fraction of sp³-hybridized carbons (Fsp3) is 0.222. The molecule has 1 amide bonds. The van der Waals surface area contributed by atoms with Crippen LogP contribution in [-0.4, -0.2) is 19.6 Å². The van der Waals surface area contributed by atoms with E-state index in [2.05, 4.69) is 5.32 Å². The minimum absolute atomic E-state index is 0.117. The third kappa shape index (κ3) is 4.48. The maximum atomic E-state index is 11.9. The third-order valence-electron chi connectivity index (χ3n) is 3.39. The zero-order valence-electron chi connectivity index (χ0n) is 13.1. The van der Waals surface area contributed by atoms with Crippen LogP contribution in [0.4, 0.5) is 0 Å². The van der Waals surface area contributed by atoms with Gasteiger partial charge in [-0.05, 0) is 30.2 Å². The number of benzene rings is 2. The molecule has 23 heavy (non-hydrogen) atoms. The Labute approximate surface area is 135 Å². The average molecular weight is 310 g/mol. The van der Waals surface area contributed by atoms with E-state index in [9.17, 15) is 4.79 Å². The van der Waals surface area contributed by atoms with E-state index in [0.717, 1.165) is 11.1 Å². The Bertz CT molecular complexity index is 735. The molecule has 0 radical (unpaired) electrons. The first-order chi connectivity index (χ1) is 11.1. The second-order valence-electron chi connectivity index (χ2n) is 4.97. The van der Waals surface area contributed by atoms with E-state index in [0.29, 0.717) is 23.6 Å². The molecule has 0 bridgehead atoms. The topological polar surface area (TPSA) is 71.3 Å². The molecule has 0 unspecified atom stereocenters. The van der Waals surface area contributed by atoms with Crippen LogP contribution in [-0.2, 0) is 11.3 Å². The fourth-order valence-electron chi connectivity index (χ4n) is 2.05. The molecule has 0 aliphatic rings. The van der Waals surface area contributed by atoms with Gasteiger partial charge in [0.15, 0.2) is 18.1 Å². The van der Waals surface area contributed by atoms with Crippen LogP contribution in [0.15, 0.2) is 42.5 Å². The Balaban J connectivity index is 1.90. The molecule has 0 atom stereocenters. The third-order valence-corrected chi connectivity index (χ3v) is 3.39. The first-order valence-electron chi connectivity index (χ1n) is 7.16. The lowest BCUT2D eigenvalue weighted by Gasteiger charge is -2.11. The molecule has 0 saturated heterocycles. The van der Waals surface area contributed by atoms with Crippen LogP contribution in [0.5, 0.6) is 11.5 Å². The summed E-state index contributed by atoms with van der Waals surface area (Å²) in [6.45, 7) is 2.34. The van der Waals surface area contributed by atoms with Crippen LogP contribution in [0.1, 0.15) is 16.7 Å². The summed E-state index contributed by atoms with van der Waals surface area (Å²) in [5.74, 6) is 0.632. The summed E-state index contributed by atoms with van der Waals surface area (Å²) in [5.41, 5.74) is 2.66. The lowest BCUT2D eigenvalue weighted by Crippen LogP contribution is -2.28. The van der Waals surface area contributed by atoms with Crippen molar-refractivity contribution in [3.8, 4) is 17.6 Å². The Kier molecular flexibility index (Phi) is 5.59. The molecule has 2 aromatic rings. The van der Waals surface area contributed by atoms with Gasteiger partial charge >= 0.3 is 0 Å². The molecule has 2 aromatic carbocycles. The van der Waals surface area contributed by atoms with Crippen molar-refractivity contribution in [2.75, 3.05) is 13.7 Å². The molecule has 0 aromatic heterocycles. The standard InChI is InChI=1S/C18H18N2O3/c1-13-5-3-4-6-15(13)11-20-18(21)12-23-16-8-7-14(10-19)9-17(16)22-2/h3-9H,11-12H2,1-2H3,(H,20,21). The smallest absolute Gasteiger partial charge is 0.258 e. The van der Waals surface area contributed by atoms with Crippen LogP contribution < -0.4 is 14.8 Å². The summed E-state index contributed by atoms with van der Waals surface area (Å²) in [4.78, 5) is 11.9. The Morgan fingerprint density at radius 2 is 2.00 bits per heavy atom. The predicted octanol–water partition coefficient (Wildman–Crippen LogP) is 2.57. The zero-order chi connectivity index (χ0) is 16.7. The lowest BCUT2D eigenvalue weighted by atomic mass is 10.1. The second kappa shape index (κ2) is 7.85. The van der Waals surface area contributed by atoms with Gasteiger partial charge in [-0.15, -0.1) is 0 Å². The van der Waals surface area contributed by atoms with E-state index in [4.69, 9.17) is 14.7 Å². The van der Waals surface area contributed by atoms with Crippen molar-refractivity contribution in [2.45, 2.75) is 13.5 Å². The summed E-state index contributed by atoms with van der Waals surface area (Å²) in [6, 6.07) is 14.7. The van der Waals surface area contributed by atoms with Crippen LogP contribution in [0.2, 0.25) is 0 Å². The minimum Gasteiger partial charge on any atom is -0.493 e. The summed E-state index contributed by atoms with van der Waals surface area (Å²) >= 11 is 0. The van der Waals surface area contributed by atoms with Gasteiger partial charge in [0, 0.05) is 12.6 Å². The molecule has 0 saturated carbocycles. The van der Waals surface area contributed by atoms with Crippen LogP contribution in [0.25, 0.3) is 0 Å². The SMILES string of the molecule is COc1cc(C#N)ccc1OCC(=O)NCc1ccccc1C. The van der Waals surface area contributed by atoms with Gasteiger partial charge < -0.3 is 14.8 Å². The van der Waals surface area contributed by atoms with Gasteiger partial charge in [-0.1, -0.05) is 24.3 Å². The van der Waals surface area contributed by atoms with E-state index in [1.807, 2.05) is 37.3 Å². The van der Waals surface area contributed by atoms with Gasteiger partial charge in [0.05, 0.1) is 18.7 Å². The van der Waals surface area contributed by atoms with Crippen molar-refractivity contribution in [3.05, 3.63) is 59.2 Å². The van der Waals surface area contributed by atoms with Crippen LogP contribution >= 0.6 is 0 Å². The number of aryl methyl sites for hydroxylation is 1. The van der Waals surface area contributed by atoms with Crippen molar-refractivity contribution in [1.29, 1.82) is 5.26 Å². The Morgan fingerprint density at radius 3 is 2.70 bits per heavy atom. The number of methoxy groups -OCH3 is 1. The highest BCUT2D eigenvalue weighted by Gasteiger charge is 2.09. The summed E-state index contributed by atoms with van der Waals surface area (Å²) in [5, 5.41) is 11.7. The summed E-state index contributed by atoms with van der Waals surface area (Å²) < 4.78 is 10.6. The number of nitriles is 1. The number of nitrogens with one attached hydrogen (secondary N) is 1. The molecule has 2 rings (SSSR count). The molecule has 0 spiro atoms. The van der Waals surface area contributed by atoms with Gasteiger partial charge in [0.2, 0.25) is 0 Å². The van der Waals surface area contributed by atoms with Crippen molar-refractivity contribution < 1.29 is 14.3 Å². The number of hydrogen-bond acceptors (Lipinski definition) is 4. The normalized spacial score (nSPS) is 9.78. The highest BCUT2D eigenvalue weighted by Crippen LogP contribution is 2.27. The lowest BCUT2D eigenvalue weighted by molar-refractivity contribution is -0.123. The van der Waals surface area contributed by atoms with Crippen LogP contribution in [0.3, 0.4) is 0 Å². The highest BCUT2D eigenvalue weighted by molar-refractivity contribution is 5.77. The van der Waals surface area contributed by atoms with Crippen molar-refractivity contribution in [2.24, 2.45) is 0 Å². The molecule has 0 aliphatic carbocycles. The number of carbonyl (C=O) groups excluding carboxylic acids is 1. The number of hydrogen-bond donors (Lipinski definition) is 1. The largest absolute Gasteiger partial charge is 0.493 e. The molecule has 0 fully saturated rings. The Morgan fingerprint density at radius 1 is 1.22 bits per heavy atom. The van der Waals surface area contributed by atoms with Crippen molar-refractivity contribution >= 4 is 5.91 Å². The molecule has 0 aliphatic heterocycles. The number of rotatable bonds is 6. The minimum atomic E-state index is -0.223. The van der Waals surface area contributed by atoms with Gasteiger partial charge in [-0.25, -0.2) is 0 Å². The van der Waals surface area contributed by atoms with Gasteiger partial charge in [-0.2, -0.15) is 5.26 Å². The van der Waals surface area contributed by atoms with E-state index in [1.165, 1.54) is 7.11 Å².